The Morgan fingerprint density at radius 1 is 0.368 bits per heavy atom. The van der Waals surface area contributed by atoms with Crippen molar-refractivity contribution in [2.24, 2.45) is 0 Å². The summed E-state index contributed by atoms with van der Waals surface area (Å²) in [4.78, 5) is 5.08. The zero-order valence-electron chi connectivity index (χ0n) is 20.7. The Bertz CT molecular complexity index is 2030. The molecule has 0 unspecified atom stereocenters. The molecule has 1 heterocycles. The molecule has 1 nitrogen and oxygen atoms in total. The summed E-state index contributed by atoms with van der Waals surface area (Å²) in [6.07, 6.45) is 0. The molecule has 0 saturated heterocycles. The van der Waals surface area contributed by atoms with Crippen molar-refractivity contribution < 1.29 is 0 Å². The lowest BCUT2D eigenvalue weighted by molar-refractivity contribution is 1.41. The van der Waals surface area contributed by atoms with Crippen LogP contribution >= 0.6 is 0 Å². The van der Waals surface area contributed by atoms with E-state index in [4.69, 9.17) is 4.98 Å². The van der Waals surface area contributed by atoms with Crippen molar-refractivity contribution in [2.45, 2.75) is 0 Å². The maximum Gasteiger partial charge on any atom is 0.0716 e. The number of benzene rings is 7. The lowest BCUT2D eigenvalue weighted by atomic mass is 9.88. The largest absolute Gasteiger partial charge is 0.248 e. The lowest BCUT2D eigenvalue weighted by Gasteiger charge is -2.16. The van der Waals surface area contributed by atoms with Crippen molar-refractivity contribution in [1.82, 2.24) is 4.98 Å². The molecule has 0 N–H and O–H groups in total. The van der Waals surface area contributed by atoms with Gasteiger partial charge in [-0.25, -0.2) is 4.98 Å². The summed E-state index contributed by atoms with van der Waals surface area (Å²) >= 11 is 0. The molecule has 8 aromatic rings. The highest BCUT2D eigenvalue weighted by Gasteiger charge is 2.15. The molecule has 0 atom stereocenters. The molecule has 0 fully saturated rings. The summed E-state index contributed by atoms with van der Waals surface area (Å²) in [5, 5.41) is 11.2. The molecule has 8 rings (SSSR count). The first-order chi connectivity index (χ1) is 18.8. The Labute approximate surface area is 220 Å². The summed E-state index contributed by atoms with van der Waals surface area (Å²) in [6, 6.07) is 50.3. The molecule has 0 saturated carbocycles. The summed E-state index contributed by atoms with van der Waals surface area (Å²) in [5.74, 6) is 0. The van der Waals surface area contributed by atoms with Gasteiger partial charge in [-0.1, -0.05) is 109 Å². The third-order valence-corrected chi connectivity index (χ3v) is 7.80. The second-order valence-electron chi connectivity index (χ2n) is 9.99. The van der Waals surface area contributed by atoms with Crippen LogP contribution < -0.4 is 0 Å². The number of rotatable bonds is 2. The minimum absolute atomic E-state index is 1.00. The van der Waals surface area contributed by atoms with Crippen LogP contribution in [0, 0.1) is 0 Å². The van der Waals surface area contributed by atoms with Crippen molar-refractivity contribution in [3.63, 3.8) is 0 Å². The second-order valence-corrected chi connectivity index (χ2v) is 9.99. The molecule has 0 spiro atoms. The first-order valence-corrected chi connectivity index (χ1v) is 13.1. The number of hydrogen-bond acceptors (Lipinski definition) is 1. The number of aromatic nitrogens is 1. The summed E-state index contributed by atoms with van der Waals surface area (Å²) in [7, 11) is 0. The van der Waals surface area contributed by atoms with E-state index in [2.05, 4.69) is 140 Å². The molecule has 0 aliphatic heterocycles. The summed E-state index contributed by atoms with van der Waals surface area (Å²) in [6.45, 7) is 0. The molecule has 38 heavy (non-hydrogen) atoms. The molecule has 0 amide bonds. The van der Waals surface area contributed by atoms with E-state index in [0.29, 0.717) is 0 Å². The van der Waals surface area contributed by atoms with Gasteiger partial charge in [-0.05, 0) is 84.5 Å². The Kier molecular flexibility index (Phi) is 4.59. The van der Waals surface area contributed by atoms with E-state index >= 15 is 0 Å². The van der Waals surface area contributed by atoms with Crippen LogP contribution in [0.5, 0.6) is 0 Å². The van der Waals surface area contributed by atoms with E-state index in [1.54, 1.807) is 0 Å². The Hall–Kier alpha value is -5.01. The fourth-order valence-corrected chi connectivity index (χ4v) is 6.00. The molecule has 1 aromatic heterocycles. The van der Waals surface area contributed by atoms with E-state index < -0.39 is 0 Å². The molecular formula is C37H23N. The molecule has 1 heteroatoms. The highest BCUT2D eigenvalue weighted by molar-refractivity contribution is 6.25. The number of pyridine rings is 1. The van der Waals surface area contributed by atoms with Gasteiger partial charge in [-0.15, -0.1) is 0 Å². The molecule has 0 bridgehead atoms. The maximum atomic E-state index is 5.08. The molecule has 0 radical (unpaired) electrons. The minimum atomic E-state index is 1.00. The van der Waals surface area contributed by atoms with Gasteiger partial charge in [0.1, 0.15) is 0 Å². The highest BCUT2D eigenvalue weighted by atomic mass is 14.7. The van der Waals surface area contributed by atoms with Crippen LogP contribution in [0.1, 0.15) is 0 Å². The first kappa shape index (κ1) is 21.1. The van der Waals surface area contributed by atoms with E-state index in [0.717, 1.165) is 16.6 Å². The summed E-state index contributed by atoms with van der Waals surface area (Å²) < 4.78 is 0. The average molecular weight is 482 g/mol. The Morgan fingerprint density at radius 3 is 1.74 bits per heavy atom. The normalized spacial score (nSPS) is 11.7. The lowest BCUT2D eigenvalue weighted by Crippen LogP contribution is -1.91. The zero-order chi connectivity index (χ0) is 25.1. The highest BCUT2D eigenvalue weighted by Crippen LogP contribution is 2.42. The van der Waals surface area contributed by atoms with Gasteiger partial charge in [0, 0.05) is 10.9 Å². The van der Waals surface area contributed by atoms with Gasteiger partial charge in [0.2, 0.25) is 0 Å². The van der Waals surface area contributed by atoms with Gasteiger partial charge >= 0.3 is 0 Å². The van der Waals surface area contributed by atoms with Crippen LogP contribution in [0.2, 0.25) is 0 Å². The van der Waals surface area contributed by atoms with Crippen LogP contribution in [0.4, 0.5) is 0 Å². The van der Waals surface area contributed by atoms with Crippen molar-refractivity contribution in [2.75, 3.05) is 0 Å². The monoisotopic (exact) mass is 481 g/mol. The molecule has 0 aliphatic carbocycles. The molecule has 0 aliphatic rings. The van der Waals surface area contributed by atoms with E-state index in [9.17, 15) is 0 Å². The van der Waals surface area contributed by atoms with Gasteiger partial charge in [0.25, 0.3) is 0 Å². The predicted octanol–water partition coefficient (Wildman–Crippen LogP) is 10.2. The average Bonchev–Trinajstić information content (AvgIpc) is 2.99. The number of nitrogens with zero attached hydrogens (tertiary/aromatic N) is 1. The van der Waals surface area contributed by atoms with Gasteiger partial charge < -0.3 is 0 Å². The van der Waals surface area contributed by atoms with Crippen molar-refractivity contribution in [3.8, 4) is 22.4 Å². The third-order valence-electron chi connectivity index (χ3n) is 7.80. The number of hydrogen-bond donors (Lipinski definition) is 0. The van der Waals surface area contributed by atoms with Gasteiger partial charge in [0.05, 0.1) is 11.2 Å². The van der Waals surface area contributed by atoms with Crippen LogP contribution in [0.25, 0.3) is 76.4 Å². The smallest absolute Gasteiger partial charge is 0.0716 e. The topological polar surface area (TPSA) is 12.9 Å². The number of fused-ring (bicyclic) bond motifs is 7. The number of para-hydroxylation sites is 1. The standard InChI is InChI=1S/C37H23N/c1-2-11-26-21-27(18-17-24(26)9-1)33-22-28-23-34(36-20-19-25-10-3-8-16-35(25)38-36)30-13-5-7-15-32(30)37(28)31-14-6-4-12-29(31)33/h1-23H. The van der Waals surface area contributed by atoms with Gasteiger partial charge in [-0.3, -0.25) is 0 Å². The van der Waals surface area contributed by atoms with E-state index in [-0.39, 0.29) is 0 Å². The SMILES string of the molecule is c1ccc2cc(-c3cc4cc(-c5ccc6ccccc6n5)c5ccccc5c4c4ccccc34)ccc2c1. The van der Waals surface area contributed by atoms with Gasteiger partial charge in [0.15, 0.2) is 0 Å². The van der Waals surface area contributed by atoms with E-state index in [1.165, 1.54) is 59.8 Å². The van der Waals surface area contributed by atoms with Crippen LogP contribution in [-0.4, -0.2) is 4.98 Å². The fourth-order valence-electron chi connectivity index (χ4n) is 6.00. The van der Waals surface area contributed by atoms with Crippen molar-refractivity contribution >= 4 is 54.0 Å². The maximum absolute atomic E-state index is 5.08. The van der Waals surface area contributed by atoms with Crippen LogP contribution in [-0.2, 0) is 0 Å². The minimum Gasteiger partial charge on any atom is -0.248 e. The molecule has 176 valence electrons. The Morgan fingerprint density at radius 2 is 0.947 bits per heavy atom. The van der Waals surface area contributed by atoms with Gasteiger partial charge in [-0.2, -0.15) is 0 Å². The zero-order valence-corrected chi connectivity index (χ0v) is 20.7. The quantitative estimate of drug-likeness (QED) is 0.224. The third kappa shape index (κ3) is 3.22. The predicted molar refractivity (Wildman–Crippen MR) is 163 cm³/mol. The van der Waals surface area contributed by atoms with Crippen molar-refractivity contribution in [1.29, 1.82) is 0 Å². The Balaban J connectivity index is 1.48. The van der Waals surface area contributed by atoms with Crippen molar-refractivity contribution in [3.05, 3.63) is 140 Å². The molecule has 7 aromatic carbocycles. The molecular weight excluding hydrogens is 458 g/mol. The fraction of sp³-hybridized carbons (Fsp3) is 0. The first-order valence-electron chi connectivity index (χ1n) is 13.1. The second kappa shape index (κ2) is 8.26. The van der Waals surface area contributed by atoms with E-state index in [1.807, 2.05) is 0 Å². The van der Waals surface area contributed by atoms with Crippen LogP contribution in [0.3, 0.4) is 0 Å². The van der Waals surface area contributed by atoms with Crippen LogP contribution in [0.15, 0.2) is 140 Å². The summed E-state index contributed by atoms with van der Waals surface area (Å²) in [5.41, 5.74) is 5.68.